The monoisotopic (exact) mass is 438 g/mol. The van der Waals surface area contributed by atoms with Gasteiger partial charge in [-0.3, -0.25) is 9.69 Å². The van der Waals surface area contributed by atoms with Gasteiger partial charge in [0.25, 0.3) is 5.91 Å². The van der Waals surface area contributed by atoms with Gasteiger partial charge >= 0.3 is 0 Å². The second kappa shape index (κ2) is 9.54. The molecule has 0 unspecified atom stereocenters. The number of halogens is 1. The first-order valence-electron chi connectivity index (χ1n) is 9.25. The fourth-order valence-corrected chi connectivity index (χ4v) is 3.76. The maximum Gasteiger partial charge on any atom is 0.266 e. The minimum Gasteiger partial charge on any atom is -0.359 e. The van der Waals surface area contributed by atoms with Gasteiger partial charge in [-0.05, 0) is 46.1 Å². The van der Waals surface area contributed by atoms with Crippen LogP contribution >= 0.6 is 15.9 Å². The summed E-state index contributed by atoms with van der Waals surface area (Å²) in [6.45, 7) is 5.74. The zero-order valence-corrected chi connectivity index (χ0v) is 17.4. The third kappa shape index (κ3) is 5.22. The van der Waals surface area contributed by atoms with Crippen molar-refractivity contribution >= 4 is 27.5 Å². The SMILES string of the molecule is Cc1ccc(N/C=C(/C#N)C(=O)N2CCN(Cc3ccccc3)CC2)c(Br)c1. The maximum atomic E-state index is 12.7. The van der Waals surface area contributed by atoms with E-state index in [4.69, 9.17) is 0 Å². The highest BCUT2D eigenvalue weighted by atomic mass is 79.9. The molecule has 1 amide bonds. The Kier molecular flexibility index (Phi) is 6.85. The Morgan fingerprint density at radius 3 is 2.54 bits per heavy atom. The third-order valence-corrected chi connectivity index (χ3v) is 5.41. The first kappa shape index (κ1) is 20.1. The van der Waals surface area contributed by atoms with E-state index in [1.165, 1.54) is 11.8 Å². The van der Waals surface area contributed by atoms with Gasteiger partial charge in [0.05, 0.1) is 5.69 Å². The van der Waals surface area contributed by atoms with E-state index < -0.39 is 0 Å². The van der Waals surface area contributed by atoms with Crippen LogP contribution in [-0.4, -0.2) is 41.9 Å². The highest BCUT2D eigenvalue weighted by Gasteiger charge is 2.23. The highest BCUT2D eigenvalue weighted by Crippen LogP contribution is 2.23. The van der Waals surface area contributed by atoms with Crippen molar-refractivity contribution in [3.8, 4) is 6.07 Å². The highest BCUT2D eigenvalue weighted by molar-refractivity contribution is 9.10. The van der Waals surface area contributed by atoms with Crippen molar-refractivity contribution in [2.45, 2.75) is 13.5 Å². The fraction of sp³-hybridized carbons (Fsp3) is 0.273. The molecule has 1 heterocycles. The van der Waals surface area contributed by atoms with Gasteiger partial charge in [-0.25, -0.2) is 0 Å². The molecule has 1 fully saturated rings. The van der Waals surface area contributed by atoms with Crippen molar-refractivity contribution < 1.29 is 4.79 Å². The first-order chi connectivity index (χ1) is 13.6. The summed E-state index contributed by atoms with van der Waals surface area (Å²) in [5, 5.41) is 12.5. The average molecular weight is 439 g/mol. The molecule has 0 bridgehead atoms. The molecule has 0 radical (unpaired) electrons. The Bertz CT molecular complexity index is 896. The molecule has 0 atom stereocenters. The molecule has 28 heavy (non-hydrogen) atoms. The summed E-state index contributed by atoms with van der Waals surface area (Å²) in [6.07, 6.45) is 1.49. The molecular formula is C22H23BrN4O. The quantitative estimate of drug-likeness (QED) is 0.567. The zero-order chi connectivity index (χ0) is 19.9. The van der Waals surface area contributed by atoms with E-state index in [2.05, 4.69) is 38.3 Å². The number of nitriles is 1. The number of nitrogens with one attached hydrogen (secondary N) is 1. The largest absolute Gasteiger partial charge is 0.359 e. The summed E-state index contributed by atoms with van der Waals surface area (Å²) in [4.78, 5) is 16.8. The number of carbonyl (C=O) groups excluding carboxylic acids is 1. The van der Waals surface area contributed by atoms with Gasteiger partial charge in [0.1, 0.15) is 11.6 Å². The van der Waals surface area contributed by atoms with Crippen LogP contribution < -0.4 is 5.32 Å². The smallest absolute Gasteiger partial charge is 0.266 e. The van der Waals surface area contributed by atoms with E-state index in [1.54, 1.807) is 4.90 Å². The summed E-state index contributed by atoms with van der Waals surface area (Å²) >= 11 is 3.49. The summed E-state index contributed by atoms with van der Waals surface area (Å²) in [6, 6.07) is 18.2. The summed E-state index contributed by atoms with van der Waals surface area (Å²) in [5.74, 6) is -0.224. The minimum atomic E-state index is -0.224. The Labute approximate surface area is 174 Å². The lowest BCUT2D eigenvalue weighted by atomic mass is 10.2. The normalized spacial score (nSPS) is 15.2. The molecule has 1 aliphatic rings. The first-order valence-corrected chi connectivity index (χ1v) is 10.0. The van der Waals surface area contributed by atoms with Gasteiger partial charge in [0, 0.05) is 43.4 Å². The van der Waals surface area contributed by atoms with Gasteiger partial charge < -0.3 is 10.2 Å². The van der Waals surface area contributed by atoms with Gasteiger partial charge in [-0.1, -0.05) is 36.4 Å². The van der Waals surface area contributed by atoms with E-state index in [9.17, 15) is 10.1 Å². The number of benzene rings is 2. The minimum absolute atomic E-state index is 0.115. The summed E-state index contributed by atoms with van der Waals surface area (Å²) < 4.78 is 0.892. The molecule has 0 saturated carbocycles. The van der Waals surface area contributed by atoms with Crippen molar-refractivity contribution in [1.29, 1.82) is 5.26 Å². The molecule has 1 N–H and O–H groups in total. The Balaban J connectivity index is 1.57. The van der Waals surface area contributed by atoms with Crippen LogP contribution in [0, 0.1) is 18.3 Å². The number of nitrogens with zero attached hydrogens (tertiary/aromatic N) is 3. The summed E-state index contributed by atoms with van der Waals surface area (Å²) in [5.41, 5.74) is 3.34. The predicted molar refractivity (Wildman–Crippen MR) is 114 cm³/mol. The van der Waals surface area contributed by atoms with Crippen LogP contribution in [0.15, 0.2) is 64.8 Å². The molecule has 6 heteroatoms. The molecule has 2 aromatic carbocycles. The van der Waals surface area contributed by atoms with Gasteiger partial charge in [0.2, 0.25) is 0 Å². The standard InChI is InChI=1S/C22H23BrN4O/c1-17-7-8-21(20(23)13-17)25-15-19(14-24)22(28)27-11-9-26(10-12-27)16-18-5-3-2-4-6-18/h2-8,13,15,25H,9-12,16H2,1H3/b19-15-. The number of hydrogen-bond acceptors (Lipinski definition) is 4. The molecule has 1 saturated heterocycles. The summed E-state index contributed by atoms with van der Waals surface area (Å²) in [7, 11) is 0. The Hall–Kier alpha value is -2.62. The molecule has 0 spiro atoms. The number of hydrogen-bond donors (Lipinski definition) is 1. The van der Waals surface area contributed by atoms with Crippen LogP contribution in [0.1, 0.15) is 11.1 Å². The van der Waals surface area contributed by atoms with Gasteiger partial charge in [-0.2, -0.15) is 5.26 Å². The second-order valence-electron chi connectivity index (χ2n) is 6.85. The van der Waals surface area contributed by atoms with Crippen LogP contribution in [0.4, 0.5) is 5.69 Å². The van der Waals surface area contributed by atoms with Crippen LogP contribution in [0.5, 0.6) is 0 Å². The number of carbonyl (C=O) groups is 1. The number of aryl methyl sites for hydroxylation is 1. The van der Waals surface area contributed by atoms with Crippen LogP contribution in [-0.2, 0) is 11.3 Å². The lowest BCUT2D eigenvalue weighted by Gasteiger charge is -2.34. The lowest BCUT2D eigenvalue weighted by Crippen LogP contribution is -2.48. The number of piperazine rings is 1. The van der Waals surface area contributed by atoms with Crippen LogP contribution in [0.3, 0.4) is 0 Å². The number of anilines is 1. The van der Waals surface area contributed by atoms with Crippen LogP contribution in [0.2, 0.25) is 0 Å². The molecule has 0 aliphatic carbocycles. The van der Waals surface area contributed by atoms with Gasteiger partial charge in [-0.15, -0.1) is 0 Å². The number of rotatable bonds is 5. The van der Waals surface area contributed by atoms with E-state index in [0.717, 1.165) is 35.4 Å². The van der Waals surface area contributed by atoms with E-state index in [-0.39, 0.29) is 11.5 Å². The number of amides is 1. The molecule has 144 valence electrons. The molecule has 0 aromatic heterocycles. The van der Waals surface area contributed by atoms with Crippen molar-refractivity contribution in [2.75, 3.05) is 31.5 Å². The zero-order valence-electron chi connectivity index (χ0n) is 15.9. The molecule has 5 nitrogen and oxygen atoms in total. The van der Waals surface area contributed by atoms with Crippen molar-refractivity contribution in [1.82, 2.24) is 9.80 Å². The molecular weight excluding hydrogens is 416 g/mol. The third-order valence-electron chi connectivity index (χ3n) is 4.76. The van der Waals surface area contributed by atoms with Crippen molar-refractivity contribution in [3.05, 3.63) is 75.9 Å². The Morgan fingerprint density at radius 1 is 1.18 bits per heavy atom. The van der Waals surface area contributed by atoms with E-state index in [0.29, 0.717) is 13.1 Å². The average Bonchev–Trinajstić information content (AvgIpc) is 2.71. The molecule has 1 aliphatic heterocycles. The fourth-order valence-electron chi connectivity index (χ4n) is 3.15. The predicted octanol–water partition coefficient (Wildman–Crippen LogP) is 3.92. The van der Waals surface area contributed by atoms with Gasteiger partial charge in [0.15, 0.2) is 0 Å². The lowest BCUT2D eigenvalue weighted by molar-refractivity contribution is -0.128. The van der Waals surface area contributed by atoms with Crippen molar-refractivity contribution in [2.24, 2.45) is 0 Å². The molecule has 2 aromatic rings. The topological polar surface area (TPSA) is 59.4 Å². The second-order valence-corrected chi connectivity index (χ2v) is 7.71. The van der Waals surface area contributed by atoms with E-state index >= 15 is 0 Å². The van der Waals surface area contributed by atoms with Crippen LogP contribution in [0.25, 0.3) is 0 Å². The van der Waals surface area contributed by atoms with E-state index in [1.807, 2.05) is 49.4 Å². The molecule has 3 rings (SSSR count). The van der Waals surface area contributed by atoms with Crippen molar-refractivity contribution in [3.63, 3.8) is 0 Å². The maximum absolute atomic E-state index is 12.7. The Morgan fingerprint density at radius 2 is 1.89 bits per heavy atom.